The van der Waals surface area contributed by atoms with Gasteiger partial charge in [0.15, 0.2) is 0 Å². The minimum Gasteiger partial charge on any atom is -0.508 e. The van der Waals surface area contributed by atoms with Gasteiger partial charge in [0.2, 0.25) is 0 Å². The summed E-state index contributed by atoms with van der Waals surface area (Å²) in [7, 11) is 2.85. The Balaban J connectivity index is 2.00. The van der Waals surface area contributed by atoms with E-state index >= 15 is 0 Å². The first-order chi connectivity index (χ1) is 16.7. The van der Waals surface area contributed by atoms with Crippen molar-refractivity contribution in [2.75, 3.05) is 19.1 Å². The summed E-state index contributed by atoms with van der Waals surface area (Å²) in [5.74, 6) is -1.51. The fourth-order valence-corrected chi connectivity index (χ4v) is 4.59. The second kappa shape index (κ2) is 9.35. The van der Waals surface area contributed by atoms with E-state index in [1.165, 1.54) is 43.4 Å². The Morgan fingerprint density at radius 3 is 2.09 bits per heavy atom. The van der Waals surface area contributed by atoms with Gasteiger partial charge in [0.25, 0.3) is 11.7 Å². The number of phenols is 1. The van der Waals surface area contributed by atoms with Crippen molar-refractivity contribution >= 4 is 34.7 Å². The Morgan fingerprint density at radius 2 is 1.51 bits per heavy atom. The number of amides is 1. The molecule has 3 aromatic carbocycles. The van der Waals surface area contributed by atoms with Gasteiger partial charge in [-0.2, -0.15) is 0 Å². The van der Waals surface area contributed by atoms with Gasteiger partial charge in [-0.3, -0.25) is 14.5 Å². The first-order valence-electron chi connectivity index (χ1n) is 10.8. The number of rotatable bonds is 5. The van der Waals surface area contributed by atoms with Crippen LogP contribution in [0.2, 0.25) is 5.02 Å². The third-order valence-electron chi connectivity index (χ3n) is 5.87. The quantitative estimate of drug-likeness (QED) is 0.284. The number of ether oxygens (including phenoxy) is 2. The summed E-state index contributed by atoms with van der Waals surface area (Å²) < 4.78 is 10.6. The lowest BCUT2D eigenvalue weighted by atomic mass is 9.94. The van der Waals surface area contributed by atoms with E-state index in [0.717, 1.165) is 11.1 Å². The highest BCUT2D eigenvalue weighted by molar-refractivity contribution is 6.51. The van der Waals surface area contributed by atoms with Gasteiger partial charge in [-0.1, -0.05) is 29.8 Å². The molecular formula is C27H24ClNO6. The molecule has 1 amide bonds. The van der Waals surface area contributed by atoms with E-state index < -0.39 is 23.5 Å². The Labute approximate surface area is 207 Å². The maximum Gasteiger partial charge on any atom is 0.300 e. The van der Waals surface area contributed by atoms with Crippen LogP contribution in [-0.4, -0.2) is 36.1 Å². The molecule has 1 saturated heterocycles. The highest BCUT2D eigenvalue weighted by atomic mass is 35.5. The highest BCUT2D eigenvalue weighted by Gasteiger charge is 2.47. The minimum atomic E-state index is -0.956. The van der Waals surface area contributed by atoms with E-state index in [0.29, 0.717) is 17.0 Å². The SMILES string of the molecule is COc1cc(OC)c(/C(O)=C2\C(=O)C(=O)N(c3cc(C)cc(C)c3)C2c2ccc(O)cc2)cc1Cl. The van der Waals surface area contributed by atoms with E-state index in [-0.39, 0.29) is 27.7 Å². The number of carbonyl (C=O) groups excluding carboxylic acids is 2. The van der Waals surface area contributed by atoms with E-state index in [4.69, 9.17) is 21.1 Å². The summed E-state index contributed by atoms with van der Waals surface area (Å²) in [5.41, 5.74) is 2.88. The van der Waals surface area contributed by atoms with Crippen molar-refractivity contribution < 1.29 is 29.3 Å². The molecule has 1 fully saturated rings. The van der Waals surface area contributed by atoms with Crippen LogP contribution in [0, 0.1) is 13.8 Å². The van der Waals surface area contributed by atoms with Crippen molar-refractivity contribution in [1.29, 1.82) is 0 Å². The van der Waals surface area contributed by atoms with Crippen LogP contribution in [0.25, 0.3) is 5.76 Å². The molecule has 1 heterocycles. The number of carbonyl (C=O) groups is 2. The molecule has 7 nitrogen and oxygen atoms in total. The third-order valence-corrected chi connectivity index (χ3v) is 6.16. The predicted octanol–water partition coefficient (Wildman–Crippen LogP) is 5.31. The van der Waals surface area contributed by atoms with Crippen LogP contribution in [0.4, 0.5) is 5.69 Å². The number of methoxy groups -OCH3 is 2. The number of hydrogen-bond acceptors (Lipinski definition) is 6. The highest BCUT2D eigenvalue weighted by Crippen LogP contribution is 2.45. The van der Waals surface area contributed by atoms with Gasteiger partial charge in [0, 0.05) is 11.8 Å². The molecule has 0 radical (unpaired) electrons. The average Bonchev–Trinajstić information content (AvgIpc) is 3.08. The predicted molar refractivity (Wildman–Crippen MR) is 133 cm³/mol. The number of Topliss-reactive ketones (excluding diaryl/α,β-unsaturated/α-hetero) is 1. The molecule has 1 aliphatic rings. The molecule has 4 rings (SSSR count). The van der Waals surface area contributed by atoms with Crippen molar-refractivity contribution in [1.82, 2.24) is 0 Å². The van der Waals surface area contributed by atoms with Crippen molar-refractivity contribution in [3.05, 3.63) is 87.4 Å². The summed E-state index contributed by atoms with van der Waals surface area (Å²) in [5, 5.41) is 21.4. The van der Waals surface area contributed by atoms with Crippen molar-refractivity contribution in [2.24, 2.45) is 0 Å². The van der Waals surface area contributed by atoms with Crippen LogP contribution in [0.3, 0.4) is 0 Å². The lowest BCUT2D eigenvalue weighted by Gasteiger charge is -2.26. The summed E-state index contributed by atoms with van der Waals surface area (Å²) in [4.78, 5) is 28.1. The van der Waals surface area contributed by atoms with Crippen LogP contribution in [0.1, 0.15) is 28.3 Å². The summed E-state index contributed by atoms with van der Waals surface area (Å²) >= 11 is 6.30. The first-order valence-corrected chi connectivity index (χ1v) is 11.1. The largest absolute Gasteiger partial charge is 0.508 e. The van der Waals surface area contributed by atoms with E-state index in [1.54, 1.807) is 24.3 Å². The molecule has 0 aliphatic carbocycles. The van der Waals surface area contributed by atoms with Gasteiger partial charge < -0.3 is 19.7 Å². The number of aromatic hydroxyl groups is 1. The van der Waals surface area contributed by atoms with Gasteiger partial charge in [-0.15, -0.1) is 0 Å². The zero-order chi connectivity index (χ0) is 25.4. The van der Waals surface area contributed by atoms with Crippen molar-refractivity contribution in [3.63, 3.8) is 0 Å². The molecule has 0 saturated carbocycles. The van der Waals surface area contributed by atoms with E-state index in [2.05, 4.69) is 0 Å². The van der Waals surface area contributed by atoms with Gasteiger partial charge in [0.1, 0.15) is 23.0 Å². The second-order valence-electron chi connectivity index (χ2n) is 8.29. The lowest BCUT2D eigenvalue weighted by Crippen LogP contribution is -2.29. The Bertz CT molecular complexity index is 1340. The van der Waals surface area contributed by atoms with E-state index in [9.17, 15) is 19.8 Å². The number of aliphatic hydroxyl groups is 1. The fraction of sp³-hybridized carbons (Fsp3) is 0.185. The maximum absolute atomic E-state index is 13.4. The van der Waals surface area contributed by atoms with Crippen LogP contribution in [0.5, 0.6) is 17.2 Å². The fourth-order valence-electron chi connectivity index (χ4n) is 4.35. The molecule has 0 bridgehead atoms. The summed E-state index contributed by atoms with van der Waals surface area (Å²) in [6.07, 6.45) is 0. The molecule has 1 unspecified atom stereocenters. The summed E-state index contributed by atoms with van der Waals surface area (Å²) in [6.45, 7) is 3.79. The molecule has 35 heavy (non-hydrogen) atoms. The first kappa shape index (κ1) is 24.2. The number of aryl methyl sites for hydroxylation is 2. The molecule has 0 aromatic heterocycles. The maximum atomic E-state index is 13.4. The zero-order valence-electron chi connectivity index (χ0n) is 19.6. The van der Waals surface area contributed by atoms with Gasteiger partial charge >= 0.3 is 0 Å². The number of ketones is 1. The van der Waals surface area contributed by atoms with Gasteiger partial charge in [0.05, 0.1) is 36.4 Å². The number of halogens is 1. The smallest absolute Gasteiger partial charge is 0.300 e. The van der Waals surface area contributed by atoms with Crippen LogP contribution < -0.4 is 14.4 Å². The Kier molecular flexibility index (Phi) is 6.45. The standard InChI is InChI=1S/C27H24ClNO6/c1-14-9-15(2)11-17(10-14)29-24(16-5-7-18(30)8-6-16)23(26(32)27(29)33)25(31)19-12-20(28)22(35-4)13-21(19)34-3/h5-13,24,30-31H,1-4H3/b25-23+. The minimum absolute atomic E-state index is 0.0284. The zero-order valence-corrected chi connectivity index (χ0v) is 20.4. The van der Waals surface area contributed by atoms with Crippen molar-refractivity contribution in [2.45, 2.75) is 19.9 Å². The average molecular weight is 494 g/mol. The third kappa shape index (κ3) is 4.31. The normalized spacial score (nSPS) is 17.1. The Hall–Kier alpha value is -3.97. The topological polar surface area (TPSA) is 96.3 Å². The van der Waals surface area contributed by atoms with Gasteiger partial charge in [-0.25, -0.2) is 0 Å². The number of benzene rings is 3. The summed E-state index contributed by atoms with van der Waals surface area (Å²) in [6, 6.07) is 13.7. The van der Waals surface area contributed by atoms with Crippen LogP contribution in [0.15, 0.2) is 60.2 Å². The number of phenolic OH excluding ortho intramolecular Hbond substituents is 1. The van der Waals surface area contributed by atoms with Gasteiger partial charge in [-0.05, 0) is 60.9 Å². The number of anilines is 1. The molecule has 1 atom stereocenters. The molecule has 2 N–H and O–H groups in total. The van der Waals surface area contributed by atoms with Crippen LogP contribution >= 0.6 is 11.6 Å². The number of aliphatic hydroxyl groups excluding tert-OH is 1. The Morgan fingerprint density at radius 1 is 0.914 bits per heavy atom. The van der Waals surface area contributed by atoms with Crippen molar-refractivity contribution in [3.8, 4) is 17.2 Å². The lowest BCUT2D eigenvalue weighted by molar-refractivity contribution is -0.132. The monoisotopic (exact) mass is 493 g/mol. The molecule has 3 aromatic rings. The molecule has 180 valence electrons. The molecular weight excluding hydrogens is 470 g/mol. The van der Waals surface area contributed by atoms with Crippen LogP contribution in [-0.2, 0) is 9.59 Å². The molecule has 1 aliphatic heterocycles. The number of hydrogen-bond donors (Lipinski definition) is 2. The van der Waals surface area contributed by atoms with E-state index in [1.807, 2.05) is 19.9 Å². The molecule has 8 heteroatoms. The molecule has 0 spiro atoms. The number of nitrogens with zero attached hydrogens (tertiary/aromatic N) is 1. The second-order valence-corrected chi connectivity index (χ2v) is 8.70.